The highest BCUT2D eigenvalue weighted by atomic mass is 19.1. The quantitative estimate of drug-likeness (QED) is 0.417. The van der Waals surface area contributed by atoms with Gasteiger partial charge in [-0.1, -0.05) is 12.1 Å². The summed E-state index contributed by atoms with van der Waals surface area (Å²) in [5.74, 6) is -0.319. The Labute approximate surface area is 189 Å². The Morgan fingerprint density at radius 3 is 2.58 bits per heavy atom. The predicted octanol–water partition coefficient (Wildman–Crippen LogP) is 4.90. The molecule has 0 atom stereocenters. The van der Waals surface area contributed by atoms with E-state index in [4.69, 9.17) is 4.74 Å². The van der Waals surface area contributed by atoms with E-state index >= 15 is 0 Å². The van der Waals surface area contributed by atoms with Gasteiger partial charge in [-0.05, 0) is 61.9 Å². The third kappa shape index (κ3) is 5.60. The number of rotatable bonds is 8. The molecule has 4 aromatic rings. The van der Waals surface area contributed by atoms with E-state index in [9.17, 15) is 13.6 Å². The normalized spacial score (nSPS) is 10.8. The highest BCUT2D eigenvalue weighted by molar-refractivity contribution is 5.76. The number of aromatic nitrogens is 3. The molecule has 0 saturated carbocycles. The molecule has 8 heteroatoms. The summed E-state index contributed by atoms with van der Waals surface area (Å²) in [6.07, 6.45) is 2.22. The van der Waals surface area contributed by atoms with Crippen molar-refractivity contribution in [3.8, 4) is 17.3 Å². The predicted molar refractivity (Wildman–Crippen MR) is 119 cm³/mol. The average Bonchev–Trinajstić information content (AvgIpc) is 3.12. The number of halogens is 2. The lowest BCUT2D eigenvalue weighted by Crippen LogP contribution is -2.23. The zero-order chi connectivity index (χ0) is 23.2. The smallest absolute Gasteiger partial charge is 0.226 e. The van der Waals surface area contributed by atoms with Gasteiger partial charge in [0.05, 0.1) is 23.6 Å². The molecule has 0 fully saturated rings. The first kappa shape index (κ1) is 22.1. The summed E-state index contributed by atoms with van der Waals surface area (Å²) in [6, 6.07) is 17.1. The molecule has 0 aliphatic carbocycles. The molecule has 1 N–H and O–H groups in total. The molecular weight excluding hydrogens is 426 g/mol. The SMILES string of the molecule is Cc1nn(-c2ccc(F)cc2)c(Oc2cccc(F)c2)c1CCC(=O)NCc1ccccn1. The van der Waals surface area contributed by atoms with Gasteiger partial charge in [-0.25, -0.2) is 13.5 Å². The van der Waals surface area contributed by atoms with Crippen LogP contribution in [0.15, 0.2) is 72.9 Å². The first-order chi connectivity index (χ1) is 16.0. The molecule has 168 valence electrons. The van der Waals surface area contributed by atoms with Crippen molar-refractivity contribution in [2.45, 2.75) is 26.3 Å². The molecule has 6 nitrogen and oxygen atoms in total. The van der Waals surface area contributed by atoms with Gasteiger partial charge in [0.2, 0.25) is 11.8 Å². The number of carbonyl (C=O) groups excluding carboxylic acids is 1. The van der Waals surface area contributed by atoms with Crippen LogP contribution in [-0.2, 0) is 17.8 Å². The number of aryl methyl sites for hydroxylation is 1. The van der Waals surface area contributed by atoms with Crippen molar-refractivity contribution >= 4 is 5.91 Å². The Hall–Kier alpha value is -4.07. The Balaban J connectivity index is 1.56. The second-order valence-electron chi connectivity index (χ2n) is 7.41. The van der Waals surface area contributed by atoms with E-state index < -0.39 is 5.82 Å². The lowest BCUT2D eigenvalue weighted by atomic mass is 10.1. The Morgan fingerprint density at radius 2 is 1.85 bits per heavy atom. The van der Waals surface area contributed by atoms with E-state index in [1.807, 2.05) is 18.2 Å². The van der Waals surface area contributed by atoms with Crippen LogP contribution in [0.1, 0.15) is 23.4 Å². The molecule has 0 spiro atoms. The largest absolute Gasteiger partial charge is 0.439 e. The second-order valence-corrected chi connectivity index (χ2v) is 7.41. The van der Waals surface area contributed by atoms with Gasteiger partial charge in [-0.2, -0.15) is 5.10 Å². The molecule has 1 amide bonds. The number of nitrogens with one attached hydrogen (secondary N) is 1. The Bertz CT molecular complexity index is 1240. The summed E-state index contributed by atoms with van der Waals surface area (Å²) < 4.78 is 34.7. The minimum Gasteiger partial charge on any atom is -0.439 e. The highest BCUT2D eigenvalue weighted by Crippen LogP contribution is 2.31. The van der Waals surface area contributed by atoms with Crippen LogP contribution in [-0.4, -0.2) is 20.7 Å². The van der Waals surface area contributed by atoms with Crippen molar-refractivity contribution in [3.63, 3.8) is 0 Å². The summed E-state index contributed by atoms with van der Waals surface area (Å²) >= 11 is 0. The third-order valence-electron chi connectivity index (χ3n) is 5.01. The van der Waals surface area contributed by atoms with Crippen LogP contribution in [0.4, 0.5) is 8.78 Å². The number of carbonyl (C=O) groups is 1. The van der Waals surface area contributed by atoms with Gasteiger partial charge in [-0.15, -0.1) is 0 Å². The number of hydrogen-bond donors (Lipinski definition) is 1. The monoisotopic (exact) mass is 448 g/mol. The summed E-state index contributed by atoms with van der Waals surface area (Å²) in [6.45, 7) is 2.14. The maximum absolute atomic E-state index is 13.7. The molecule has 33 heavy (non-hydrogen) atoms. The lowest BCUT2D eigenvalue weighted by Gasteiger charge is -2.12. The molecule has 2 heterocycles. The van der Waals surface area contributed by atoms with Gasteiger partial charge in [0.15, 0.2) is 0 Å². The maximum atomic E-state index is 13.7. The number of amides is 1. The first-order valence-electron chi connectivity index (χ1n) is 10.4. The van der Waals surface area contributed by atoms with E-state index in [0.29, 0.717) is 41.5 Å². The average molecular weight is 448 g/mol. The minimum atomic E-state index is -0.437. The fraction of sp³-hybridized carbons (Fsp3) is 0.160. The molecule has 2 aromatic heterocycles. The van der Waals surface area contributed by atoms with Crippen molar-refractivity contribution in [2.75, 3.05) is 0 Å². The fourth-order valence-corrected chi connectivity index (χ4v) is 3.35. The molecule has 0 bridgehead atoms. The third-order valence-corrected chi connectivity index (χ3v) is 5.01. The van der Waals surface area contributed by atoms with E-state index in [-0.39, 0.29) is 18.1 Å². The summed E-state index contributed by atoms with van der Waals surface area (Å²) in [7, 11) is 0. The van der Waals surface area contributed by atoms with E-state index in [2.05, 4.69) is 15.4 Å². The van der Waals surface area contributed by atoms with Crippen molar-refractivity contribution in [3.05, 3.63) is 102 Å². The molecule has 0 unspecified atom stereocenters. The zero-order valence-corrected chi connectivity index (χ0v) is 18.0. The molecule has 0 saturated heterocycles. The fourth-order valence-electron chi connectivity index (χ4n) is 3.35. The van der Waals surface area contributed by atoms with E-state index in [0.717, 1.165) is 5.69 Å². The van der Waals surface area contributed by atoms with Gasteiger partial charge in [0, 0.05) is 24.2 Å². The molecular formula is C25H22F2N4O2. The van der Waals surface area contributed by atoms with Crippen LogP contribution in [0, 0.1) is 18.6 Å². The van der Waals surface area contributed by atoms with Gasteiger partial charge >= 0.3 is 0 Å². The van der Waals surface area contributed by atoms with Crippen LogP contribution in [0.2, 0.25) is 0 Å². The zero-order valence-electron chi connectivity index (χ0n) is 18.0. The number of benzene rings is 2. The Morgan fingerprint density at radius 1 is 1.03 bits per heavy atom. The lowest BCUT2D eigenvalue weighted by molar-refractivity contribution is -0.121. The van der Waals surface area contributed by atoms with E-state index in [1.165, 1.54) is 28.9 Å². The van der Waals surface area contributed by atoms with Gasteiger partial charge in [-0.3, -0.25) is 9.78 Å². The van der Waals surface area contributed by atoms with Crippen molar-refractivity contribution in [1.29, 1.82) is 0 Å². The number of hydrogen-bond acceptors (Lipinski definition) is 4. The van der Waals surface area contributed by atoms with Crippen LogP contribution in [0.5, 0.6) is 11.6 Å². The van der Waals surface area contributed by atoms with Crippen LogP contribution in [0.3, 0.4) is 0 Å². The number of pyridine rings is 1. The topological polar surface area (TPSA) is 69.0 Å². The first-order valence-corrected chi connectivity index (χ1v) is 10.4. The van der Waals surface area contributed by atoms with E-state index in [1.54, 1.807) is 37.4 Å². The molecule has 0 radical (unpaired) electrons. The van der Waals surface area contributed by atoms with Gasteiger partial charge in [0.1, 0.15) is 17.4 Å². The number of nitrogens with zero attached hydrogens (tertiary/aromatic N) is 3. The summed E-state index contributed by atoms with van der Waals surface area (Å²) in [5.41, 5.74) is 2.71. The van der Waals surface area contributed by atoms with Crippen LogP contribution < -0.4 is 10.1 Å². The highest BCUT2D eigenvalue weighted by Gasteiger charge is 2.20. The van der Waals surface area contributed by atoms with Crippen molar-refractivity contribution < 1.29 is 18.3 Å². The minimum absolute atomic E-state index is 0.147. The molecule has 0 aliphatic heterocycles. The second kappa shape index (κ2) is 10.0. The summed E-state index contributed by atoms with van der Waals surface area (Å²) in [4.78, 5) is 16.6. The van der Waals surface area contributed by atoms with Crippen molar-refractivity contribution in [2.24, 2.45) is 0 Å². The van der Waals surface area contributed by atoms with Gasteiger partial charge < -0.3 is 10.1 Å². The standard InChI is InChI=1S/C25H22F2N4O2/c1-17-23(12-13-24(32)29-16-20-6-2-3-14-28-20)25(33-22-7-4-5-19(27)15-22)31(30-17)21-10-8-18(26)9-11-21/h2-11,14-15H,12-13,16H2,1H3,(H,29,32). The number of ether oxygens (including phenoxy) is 1. The maximum Gasteiger partial charge on any atom is 0.226 e. The Kier molecular flexibility index (Phi) is 6.73. The van der Waals surface area contributed by atoms with Gasteiger partial charge in [0.25, 0.3) is 0 Å². The van der Waals surface area contributed by atoms with Crippen molar-refractivity contribution in [1.82, 2.24) is 20.1 Å². The van der Waals surface area contributed by atoms with Crippen LogP contribution in [0.25, 0.3) is 5.69 Å². The molecule has 0 aliphatic rings. The van der Waals surface area contributed by atoms with Crippen LogP contribution >= 0.6 is 0 Å². The molecule has 2 aromatic carbocycles. The molecule has 4 rings (SSSR count). The summed E-state index contributed by atoms with van der Waals surface area (Å²) in [5, 5.41) is 7.38.